The van der Waals surface area contributed by atoms with Crippen LogP contribution < -0.4 is 5.32 Å². The van der Waals surface area contributed by atoms with Gasteiger partial charge in [0.15, 0.2) is 0 Å². The molecule has 1 aromatic rings. The number of carbonyl (C=O) groups excluding carboxylic acids is 1. The number of aryl methyl sites for hydroxylation is 1. The first-order valence-electron chi connectivity index (χ1n) is 7.27. The Morgan fingerprint density at radius 1 is 1.38 bits per heavy atom. The van der Waals surface area contributed by atoms with Crippen molar-refractivity contribution in [3.63, 3.8) is 0 Å². The molecule has 2 rings (SSSR count). The predicted octanol–water partition coefficient (Wildman–Crippen LogP) is 2.39. The molecule has 1 aromatic carbocycles. The van der Waals surface area contributed by atoms with Crippen LogP contribution in [0.25, 0.3) is 0 Å². The molecular formula is C16H22N2O3. The Labute approximate surface area is 125 Å². The van der Waals surface area contributed by atoms with Crippen molar-refractivity contribution in [1.82, 2.24) is 10.2 Å². The Hall–Kier alpha value is -2.04. The van der Waals surface area contributed by atoms with Gasteiger partial charge in [0.1, 0.15) is 0 Å². The molecule has 114 valence electrons. The molecule has 5 heteroatoms. The van der Waals surface area contributed by atoms with Gasteiger partial charge in [-0.1, -0.05) is 36.2 Å². The fourth-order valence-corrected chi connectivity index (χ4v) is 2.85. The van der Waals surface area contributed by atoms with E-state index in [1.165, 1.54) is 0 Å². The molecule has 2 N–H and O–H groups in total. The van der Waals surface area contributed by atoms with Crippen LogP contribution in [0.4, 0.5) is 4.79 Å². The van der Waals surface area contributed by atoms with Gasteiger partial charge < -0.3 is 15.3 Å². The van der Waals surface area contributed by atoms with Crippen LogP contribution in [0.3, 0.4) is 0 Å². The van der Waals surface area contributed by atoms with Gasteiger partial charge in [0.2, 0.25) is 0 Å². The van der Waals surface area contributed by atoms with Gasteiger partial charge >= 0.3 is 12.0 Å². The first-order chi connectivity index (χ1) is 9.97. The quantitative estimate of drug-likeness (QED) is 0.894. The number of aliphatic carboxylic acids is 1. The SMILES string of the molecule is Cc1cccc(CN(C)C(=O)NC2CCCC2C(=O)O)c1. The summed E-state index contributed by atoms with van der Waals surface area (Å²) in [7, 11) is 1.72. The number of nitrogens with zero attached hydrogens (tertiary/aromatic N) is 1. The van der Waals surface area contributed by atoms with Gasteiger partial charge in [0.05, 0.1) is 5.92 Å². The fraction of sp³-hybridized carbons (Fsp3) is 0.500. The molecule has 1 aliphatic rings. The van der Waals surface area contributed by atoms with Crippen LogP contribution in [-0.4, -0.2) is 35.1 Å². The minimum Gasteiger partial charge on any atom is -0.481 e. The van der Waals surface area contributed by atoms with Crippen LogP contribution in [0.5, 0.6) is 0 Å². The number of carboxylic acid groups (broad SMARTS) is 1. The minimum atomic E-state index is -0.820. The third-order valence-corrected chi connectivity index (χ3v) is 3.99. The van der Waals surface area contributed by atoms with Crippen molar-refractivity contribution in [3.8, 4) is 0 Å². The number of benzene rings is 1. The number of rotatable bonds is 4. The van der Waals surface area contributed by atoms with Gasteiger partial charge in [-0.2, -0.15) is 0 Å². The summed E-state index contributed by atoms with van der Waals surface area (Å²) in [6.07, 6.45) is 2.23. The predicted molar refractivity (Wildman–Crippen MR) is 79.9 cm³/mol. The van der Waals surface area contributed by atoms with Crippen LogP contribution in [0.1, 0.15) is 30.4 Å². The van der Waals surface area contributed by atoms with Gasteiger partial charge in [-0.05, 0) is 25.3 Å². The fourth-order valence-electron chi connectivity index (χ4n) is 2.85. The number of hydrogen-bond acceptors (Lipinski definition) is 2. The van der Waals surface area contributed by atoms with Gasteiger partial charge in [0, 0.05) is 19.6 Å². The van der Waals surface area contributed by atoms with Crippen LogP contribution in [0.15, 0.2) is 24.3 Å². The first-order valence-corrected chi connectivity index (χ1v) is 7.27. The second-order valence-corrected chi connectivity index (χ2v) is 5.78. The van der Waals surface area contributed by atoms with E-state index in [1.807, 2.05) is 31.2 Å². The van der Waals surface area contributed by atoms with Gasteiger partial charge in [-0.3, -0.25) is 4.79 Å². The molecule has 0 saturated heterocycles. The molecule has 0 aromatic heterocycles. The average Bonchev–Trinajstić information content (AvgIpc) is 2.87. The zero-order chi connectivity index (χ0) is 15.4. The zero-order valence-corrected chi connectivity index (χ0v) is 12.5. The molecule has 0 radical (unpaired) electrons. The summed E-state index contributed by atoms with van der Waals surface area (Å²) in [5.41, 5.74) is 2.22. The highest BCUT2D eigenvalue weighted by molar-refractivity contribution is 5.77. The molecule has 2 amide bonds. The summed E-state index contributed by atoms with van der Waals surface area (Å²) in [5.74, 6) is -1.28. The molecule has 0 bridgehead atoms. The summed E-state index contributed by atoms with van der Waals surface area (Å²) < 4.78 is 0. The Morgan fingerprint density at radius 2 is 2.14 bits per heavy atom. The van der Waals surface area contributed by atoms with Gasteiger partial charge in [-0.25, -0.2) is 4.79 Å². The normalized spacial score (nSPS) is 21.0. The lowest BCUT2D eigenvalue weighted by Crippen LogP contribution is -2.45. The lowest BCUT2D eigenvalue weighted by molar-refractivity contribution is -0.142. The lowest BCUT2D eigenvalue weighted by Gasteiger charge is -2.23. The topological polar surface area (TPSA) is 69.6 Å². The smallest absolute Gasteiger partial charge is 0.317 e. The van der Waals surface area contributed by atoms with Crippen LogP contribution >= 0.6 is 0 Å². The van der Waals surface area contributed by atoms with E-state index in [4.69, 9.17) is 5.11 Å². The van der Waals surface area contributed by atoms with Crippen LogP contribution in [-0.2, 0) is 11.3 Å². The van der Waals surface area contributed by atoms with E-state index in [2.05, 4.69) is 5.32 Å². The highest BCUT2D eigenvalue weighted by Gasteiger charge is 2.34. The molecular weight excluding hydrogens is 268 g/mol. The zero-order valence-electron chi connectivity index (χ0n) is 12.5. The number of carbonyl (C=O) groups is 2. The number of urea groups is 1. The Morgan fingerprint density at radius 3 is 2.81 bits per heavy atom. The monoisotopic (exact) mass is 290 g/mol. The average molecular weight is 290 g/mol. The van der Waals surface area contributed by atoms with E-state index in [-0.39, 0.29) is 12.1 Å². The maximum atomic E-state index is 12.2. The highest BCUT2D eigenvalue weighted by atomic mass is 16.4. The van der Waals surface area contributed by atoms with Crippen LogP contribution in [0, 0.1) is 12.8 Å². The maximum absolute atomic E-state index is 12.2. The van der Waals surface area contributed by atoms with Crippen molar-refractivity contribution in [1.29, 1.82) is 0 Å². The molecule has 2 atom stereocenters. The maximum Gasteiger partial charge on any atom is 0.317 e. The Kier molecular flexibility index (Phi) is 4.83. The van der Waals surface area contributed by atoms with Crippen molar-refractivity contribution < 1.29 is 14.7 Å². The molecule has 1 fully saturated rings. The standard InChI is InChI=1S/C16H22N2O3/c1-11-5-3-6-12(9-11)10-18(2)16(21)17-14-8-4-7-13(14)15(19)20/h3,5-6,9,13-14H,4,7-8,10H2,1-2H3,(H,17,21)(H,19,20). The third-order valence-electron chi connectivity index (χ3n) is 3.99. The van der Waals surface area contributed by atoms with Gasteiger partial charge in [-0.15, -0.1) is 0 Å². The second kappa shape index (κ2) is 6.61. The highest BCUT2D eigenvalue weighted by Crippen LogP contribution is 2.26. The van der Waals surface area contributed by atoms with Crippen LogP contribution in [0.2, 0.25) is 0 Å². The van der Waals surface area contributed by atoms with Crippen molar-refractivity contribution in [2.24, 2.45) is 5.92 Å². The number of hydrogen-bond donors (Lipinski definition) is 2. The second-order valence-electron chi connectivity index (χ2n) is 5.78. The van der Waals surface area contributed by atoms with E-state index in [1.54, 1.807) is 11.9 Å². The molecule has 5 nitrogen and oxygen atoms in total. The number of amides is 2. The lowest BCUT2D eigenvalue weighted by atomic mass is 10.0. The summed E-state index contributed by atoms with van der Waals surface area (Å²) >= 11 is 0. The summed E-state index contributed by atoms with van der Waals surface area (Å²) in [6, 6.07) is 7.53. The molecule has 1 aliphatic carbocycles. The van der Waals surface area contributed by atoms with Crippen molar-refractivity contribution in [2.75, 3.05) is 7.05 Å². The molecule has 2 unspecified atom stereocenters. The van der Waals surface area contributed by atoms with Crippen molar-refractivity contribution >= 4 is 12.0 Å². The summed E-state index contributed by atoms with van der Waals surface area (Å²) in [4.78, 5) is 24.9. The summed E-state index contributed by atoms with van der Waals surface area (Å²) in [5, 5.41) is 12.0. The van der Waals surface area contributed by atoms with E-state index >= 15 is 0 Å². The summed E-state index contributed by atoms with van der Waals surface area (Å²) in [6.45, 7) is 2.53. The van der Waals surface area contributed by atoms with E-state index in [9.17, 15) is 9.59 Å². The Bertz CT molecular complexity index is 530. The minimum absolute atomic E-state index is 0.213. The third kappa shape index (κ3) is 3.97. The largest absolute Gasteiger partial charge is 0.481 e. The molecule has 0 aliphatic heterocycles. The van der Waals surface area contributed by atoms with E-state index in [0.717, 1.165) is 24.0 Å². The van der Waals surface area contributed by atoms with Crippen molar-refractivity contribution in [3.05, 3.63) is 35.4 Å². The molecule has 1 saturated carbocycles. The Balaban J connectivity index is 1.92. The van der Waals surface area contributed by atoms with E-state index in [0.29, 0.717) is 13.0 Å². The van der Waals surface area contributed by atoms with E-state index < -0.39 is 11.9 Å². The molecule has 0 spiro atoms. The van der Waals surface area contributed by atoms with Crippen molar-refractivity contribution in [2.45, 2.75) is 38.8 Å². The molecule has 0 heterocycles. The van der Waals surface area contributed by atoms with Gasteiger partial charge in [0.25, 0.3) is 0 Å². The molecule has 21 heavy (non-hydrogen) atoms. The number of nitrogens with one attached hydrogen (secondary N) is 1. The first kappa shape index (κ1) is 15.4. The number of carboxylic acids is 1.